The van der Waals surface area contributed by atoms with Gasteiger partial charge >= 0.3 is 0 Å². The lowest BCUT2D eigenvalue weighted by atomic mass is 9.89. The number of anilines is 2. The van der Waals surface area contributed by atoms with Crippen molar-refractivity contribution in [1.29, 1.82) is 0 Å². The zero-order valence-electron chi connectivity index (χ0n) is 11.0. The number of piperidine rings is 1. The molecule has 0 aromatic carbocycles. The fourth-order valence-corrected chi connectivity index (χ4v) is 2.24. The van der Waals surface area contributed by atoms with Crippen molar-refractivity contribution in [3.8, 4) is 0 Å². The van der Waals surface area contributed by atoms with Crippen LogP contribution in [-0.4, -0.2) is 29.6 Å². The summed E-state index contributed by atoms with van der Waals surface area (Å²) in [4.78, 5) is 11.1. The molecule has 1 aromatic heterocycles. The number of hydrogen-bond donors (Lipinski definition) is 1. The van der Waals surface area contributed by atoms with Crippen LogP contribution in [0.1, 0.15) is 27.2 Å². The van der Waals surface area contributed by atoms with Gasteiger partial charge in [-0.1, -0.05) is 13.8 Å². The van der Waals surface area contributed by atoms with Crippen molar-refractivity contribution in [3.63, 3.8) is 0 Å². The van der Waals surface area contributed by atoms with Gasteiger partial charge < -0.3 is 10.2 Å². The monoisotopic (exact) mass is 234 g/mol. The van der Waals surface area contributed by atoms with Gasteiger partial charge in [-0.3, -0.25) is 0 Å². The van der Waals surface area contributed by atoms with E-state index in [1.807, 2.05) is 12.3 Å². The van der Waals surface area contributed by atoms with Crippen LogP contribution in [-0.2, 0) is 0 Å². The first kappa shape index (κ1) is 12.1. The van der Waals surface area contributed by atoms with Gasteiger partial charge in [0.25, 0.3) is 0 Å². The Balaban J connectivity index is 2.09. The maximum Gasteiger partial charge on any atom is 0.224 e. The normalized spacial score (nSPS) is 24.8. The average Bonchev–Trinajstić information content (AvgIpc) is 2.33. The maximum atomic E-state index is 4.55. The molecule has 2 heterocycles. The number of hydrogen-bond acceptors (Lipinski definition) is 4. The molecule has 1 aliphatic rings. The number of nitrogens with one attached hydrogen (secondary N) is 1. The minimum absolute atomic E-state index is 0.733. The van der Waals surface area contributed by atoms with Crippen LogP contribution in [0, 0.1) is 11.8 Å². The van der Waals surface area contributed by atoms with Gasteiger partial charge in [-0.25, -0.2) is 4.98 Å². The van der Waals surface area contributed by atoms with E-state index < -0.39 is 0 Å². The Bertz CT molecular complexity index is 366. The first-order valence-corrected chi connectivity index (χ1v) is 6.52. The summed E-state index contributed by atoms with van der Waals surface area (Å²) in [6, 6.07) is 2.00. The van der Waals surface area contributed by atoms with Crippen molar-refractivity contribution in [3.05, 3.63) is 12.3 Å². The molecule has 17 heavy (non-hydrogen) atoms. The highest BCUT2D eigenvalue weighted by Crippen LogP contribution is 2.25. The van der Waals surface area contributed by atoms with Crippen molar-refractivity contribution >= 4 is 11.8 Å². The van der Waals surface area contributed by atoms with Crippen LogP contribution in [0.2, 0.25) is 0 Å². The Morgan fingerprint density at radius 1 is 1.41 bits per heavy atom. The Kier molecular flexibility index (Phi) is 3.82. The molecule has 0 spiro atoms. The largest absolute Gasteiger partial charge is 0.356 e. The summed E-state index contributed by atoms with van der Waals surface area (Å²) in [6.07, 6.45) is 3.09. The van der Waals surface area contributed by atoms with Gasteiger partial charge in [0.15, 0.2) is 0 Å². The first-order valence-electron chi connectivity index (χ1n) is 6.52. The van der Waals surface area contributed by atoms with Crippen molar-refractivity contribution in [2.45, 2.75) is 27.2 Å². The van der Waals surface area contributed by atoms with Crippen LogP contribution in [0.3, 0.4) is 0 Å². The van der Waals surface area contributed by atoms with Crippen LogP contribution in [0.4, 0.5) is 11.8 Å². The molecule has 1 aromatic rings. The fraction of sp³-hybridized carbons (Fsp3) is 0.692. The van der Waals surface area contributed by atoms with E-state index in [0.717, 1.165) is 43.2 Å². The molecule has 0 aliphatic carbocycles. The summed E-state index contributed by atoms with van der Waals surface area (Å²) in [6.45, 7) is 9.78. The van der Waals surface area contributed by atoms with Gasteiger partial charge in [-0.2, -0.15) is 4.98 Å². The lowest BCUT2D eigenvalue weighted by molar-refractivity contribution is 0.323. The van der Waals surface area contributed by atoms with Crippen LogP contribution < -0.4 is 10.2 Å². The first-order chi connectivity index (χ1) is 8.20. The fourth-order valence-electron chi connectivity index (χ4n) is 2.24. The van der Waals surface area contributed by atoms with E-state index in [2.05, 4.69) is 41.0 Å². The number of nitrogens with zero attached hydrogens (tertiary/aromatic N) is 3. The molecule has 4 heteroatoms. The number of aromatic nitrogens is 2. The molecule has 0 bridgehead atoms. The predicted octanol–water partition coefficient (Wildman–Crippen LogP) is 2.39. The van der Waals surface area contributed by atoms with E-state index >= 15 is 0 Å². The SMILES string of the molecule is CCNc1nccc(N2CCC(C)C(C)C2)n1. The van der Waals surface area contributed by atoms with E-state index in [1.54, 1.807) is 0 Å². The smallest absolute Gasteiger partial charge is 0.224 e. The minimum atomic E-state index is 0.733. The maximum absolute atomic E-state index is 4.55. The molecule has 1 fully saturated rings. The Hall–Kier alpha value is -1.32. The molecule has 4 nitrogen and oxygen atoms in total. The van der Waals surface area contributed by atoms with Crippen molar-refractivity contribution in [2.24, 2.45) is 11.8 Å². The van der Waals surface area contributed by atoms with Crippen molar-refractivity contribution < 1.29 is 0 Å². The molecule has 2 unspecified atom stereocenters. The minimum Gasteiger partial charge on any atom is -0.356 e. The second-order valence-electron chi connectivity index (χ2n) is 4.96. The van der Waals surface area contributed by atoms with Gasteiger partial charge in [0.05, 0.1) is 0 Å². The third-order valence-corrected chi connectivity index (χ3v) is 3.63. The van der Waals surface area contributed by atoms with E-state index in [4.69, 9.17) is 0 Å². The zero-order valence-corrected chi connectivity index (χ0v) is 11.0. The quantitative estimate of drug-likeness (QED) is 0.872. The van der Waals surface area contributed by atoms with Gasteiger partial charge in [0, 0.05) is 25.8 Å². The van der Waals surface area contributed by atoms with E-state index in [0.29, 0.717) is 0 Å². The highest BCUT2D eigenvalue weighted by Gasteiger charge is 2.23. The molecule has 1 saturated heterocycles. The molecule has 0 radical (unpaired) electrons. The topological polar surface area (TPSA) is 41.1 Å². The molecule has 0 amide bonds. The van der Waals surface area contributed by atoms with E-state index in [9.17, 15) is 0 Å². The van der Waals surface area contributed by atoms with Gasteiger partial charge in [-0.15, -0.1) is 0 Å². The highest BCUT2D eigenvalue weighted by atomic mass is 15.2. The van der Waals surface area contributed by atoms with Gasteiger partial charge in [0.2, 0.25) is 5.95 Å². The lowest BCUT2D eigenvalue weighted by Gasteiger charge is -2.36. The molecule has 94 valence electrons. The third-order valence-electron chi connectivity index (χ3n) is 3.63. The summed E-state index contributed by atoms with van der Waals surface area (Å²) in [5.74, 6) is 3.34. The summed E-state index contributed by atoms with van der Waals surface area (Å²) >= 11 is 0. The predicted molar refractivity (Wildman–Crippen MR) is 71.4 cm³/mol. The lowest BCUT2D eigenvalue weighted by Crippen LogP contribution is -2.38. The molecule has 1 aliphatic heterocycles. The van der Waals surface area contributed by atoms with Crippen LogP contribution >= 0.6 is 0 Å². The molecule has 2 atom stereocenters. The Morgan fingerprint density at radius 3 is 2.94 bits per heavy atom. The Labute approximate surface area is 103 Å². The number of rotatable bonds is 3. The second kappa shape index (κ2) is 5.34. The second-order valence-corrected chi connectivity index (χ2v) is 4.96. The van der Waals surface area contributed by atoms with Crippen LogP contribution in [0.5, 0.6) is 0 Å². The van der Waals surface area contributed by atoms with E-state index in [1.165, 1.54) is 6.42 Å². The van der Waals surface area contributed by atoms with Gasteiger partial charge in [0.1, 0.15) is 5.82 Å². The highest BCUT2D eigenvalue weighted by molar-refractivity contribution is 5.42. The molecule has 2 rings (SSSR count). The van der Waals surface area contributed by atoms with Crippen molar-refractivity contribution in [1.82, 2.24) is 9.97 Å². The summed E-state index contributed by atoms with van der Waals surface area (Å²) < 4.78 is 0. The van der Waals surface area contributed by atoms with Crippen molar-refractivity contribution in [2.75, 3.05) is 29.9 Å². The van der Waals surface area contributed by atoms with E-state index in [-0.39, 0.29) is 0 Å². The zero-order chi connectivity index (χ0) is 12.3. The average molecular weight is 234 g/mol. The van der Waals surface area contributed by atoms with Crippen LogP contribution in [0.15, 0.2) is 12.3 Å². The molecular weight excluding hydrogens is 212 g/mol. The summed E-state index contributed by atoms with van der Waals surface area (Å²) in [7, 11) is 0. The molecule has 1 N–H and O–H groups in total. The Morgan fingerprint density at radius 2 is 2.24 bits per heavy atom. The summed E-state index contributed by atoms with van der Waals surface area (Å²) in [5, 5.41) is 3.16. The molecular formula is C13H22N4. The summed E-state index contributed by atoms with van der Waals surface area (Å²) in [5.41, 5.74) is 0. The molecule has 0 saturated carbocycles. The standard InChI is InChI=1S/C13H22N4/c1-4-14-13-15-7-5-12(16-13)17-8-6-10(2)11(3)9-17/h5,7,10-11H,4,6,8-9H2,1-3H3,(H,14,15,16). The van der Waals surface area contributed by atoms with Gasteiger partial charge in [-0.05, 0) is 31.2 Å². The third kappa shape index (κ3) is 2.87. The van der Waals surface area contributed by atoms with Crippen LogP contribution in [0.25, 0.3) is 0 Å².